The molecule has 4 amide bonds. The zero-order valence-electron chi connectivity index (χ0n) is 18.5. The van der Waals surface area contributed by atoms with E-state index in [1.807, 2.05) is 13.8 Å². The summed E-state index contributed by atoms with van der Waals surface area (Å²) in [6.45, 7) is 4.32. The van der Waals surface area contributed by atoms with Crippen molar-refractivity contribution >= 4 is 27.9 Å². The van der Waals surface area contributed by atoms with Gasteiger partial charge < -0.3 is 10.2 Å². The topological polar surface area (TPSA) is 107 Å². The van der Waals surface area contributed by atoms with Gasteiger partial charge in [0.05, 0.1) is 4.90 Å². The first kappa shape index (κ1) is 22.7. The number of imide groups is 1. The smallest absolute Gasteiger partial charge is 0.325 e. The van der Waals surface area contributed by atoms with E-state index in [-0.39, 0.29) is 55.4 Å². The summed E-state index contributed by atoms with van der Waals surface area (Å²) in [5, 5.41) is 2.86. The van der Waals surface area contributed by atoms with E-state index < -0.39 is 21.6 Å². The molecule has 2 aliphatic heterocycles. The Morgan fingerprint density at radius 2 is 1.75 bits per heavy atom. The Balaban J connectivity index is 1.37. The third-order valence-electron chi connectivity index (χ3n) is 7.04. The molecule has 3 aliphatic rings. The summed E-state index contributed by atoms with van der Waals surface area (Å²) in [4.78, 5) is 41.2. The van der Waals surface area contributed by atoms with Crippen molar-refractivity contribution in [3.05, 3.63) is 29.8 Å². The van der Waals surface area contributed by atoms with Crippen LogP contribution in [0.25, 0.3) is 0 Å². The van der Waals surface area contributed by atoms with Crippen LogP contribution in [0.5, 0.6) is 0 Å². The highest BCUT2D eigenvalue weighted by molar-refractivity contribution is 7.89. The highest BCUT2D eigenvalue weighted by Crippen LogP contribution is 2.38. The van der Waals surface area contributed by atoms with Crippen LogP contribution in [0, 0.1) is 12.8 Å². The highest BCUT2D eigenvalue weighted by atomic mass is 32.2. The van der Waals surface area contributed by atoms with Crippen molar-refractivity contribution in [2.45, 2.75) is 50.0 Å². The number of hydrogen-bond donors (Lipinski definition) is 1. The average Bonchev–Trinajstić information content (AvgIpc) is 3.01. The van der Waals surface area contributed by atoms with Gasteiger partial charge in [-0.1, -0.05) is 37.5 Å². The molecule has 1 aromatic rings. The molecular weight excluding hydrogens is 432 g/mol. The van der Waals surface area contributed by atoms with Crippen LogP contribution in [0.3, 0.4) is 0 Å². The van der Waals surface area contributed by atoms with Gasteiger partial charge in [-0.25, -0.2) is 13.2 Å². The summed E-state index contributed by atoms with van der Waals surface area (Å²) < 4.78 is 27.1. The van der Waals surface area contributed by atoms with Crippen molar-refractivity contribution in [3.8, 4) is 0 Å². The number of carbonyl (C=O) groups excluding carboxylic acids is 3. The van der Waals surface area contributed by atoms with Crippen molar-refractivity contribution in [1.29, 1.82) is 0 Å². The average molecular weight is 463 g/mol. The van der Waals surface area contributed by atoms with Gasteiger partial charge in [-0.2, -0.15) is 4.31 Å². The second kappa shape index (κ2) is 8.47. The van der Waals surface area contributed by atoms with Crippen LogP contribution in [0.4, 0.5) is 4.79 Å². The van der Waals surface area contributed by atoms with Gasteiger partial charge >= 0.3 is 6.03 Å². The highest BCUT2D eigenvalue weighted by Gasteiger charge is 2.55. The van der Waals surface area contributed by atoms with E-state index >= 15 is 0 Å². The lowest BCUT2D eigenvalue weighted by Crippen LogP contribution is -2.55. The molecule has 1 saturated carbocycles. The van der Waals surface area contributed by atoms with E-state index in [0.717, 1.165) is 29.7 Å². The minimum absolute atomic E-state index is 0.0309. The van der Waals surface area contributed by atoms with Crippen LogP contribution in [0.15, 0.2) is 29.2 Å². The number of aryl methyl sites for hydroxylation is 1. The van der Waals surface area contributed by atoms with E-state index in [9.17, 15) is 22.8 Å². The Hall–Kier alpha value is -2.46. The molecule has 9 nitrogen and oxygen atoms in total. The zero-order valence-corrected chi connectivity index (χ0v) is 19.4. The SMILES string of the molecule is Cc1ccc(S(=O)(=O)N2CCN(C(=O)CN3C(=O)NC4(CCCCC4C)C3=O)CC2)cc1. The fourth-order valence-electron chi connectivity index (χ4n) is 4.91. The minimum Gasteiger partial charge on any atom is -0.338 e. The van der Waals surface area contributed by atoms with Crippen molar-refractivity contribution in [2.24, 2.45) is 5.92 Å². The number of nitrogens with zero attached hydrogens (tertiary/aromatic N) is 3. The van der Waals surface area contributed by atoms with Gasteiger partial charge in [0.15, 0.2) is 0 Å². The summed E-state index contributed by atoms with van der Waals surface area (Å²) in [6, 6.07) is 6.16. The first-order chi connectivity index (χ1) is 15.1. The summed E-state index contributed by atoms with van der Waals surface area (Å²) in [5.74, 6) is -0.631. The van der Waals surface area contributed by atoms with Gasteiger partial charge in [-0.15, -0.1) is 0 Å². The third kappa shape index (κ3) is 3.90. The second-order valence-corrected chi connectivity index (χ2v) is 11.0. The molecule has 2 saturated heterocycles. The summed E-state index contributed by atoms with van der Waals surface area (Å²) in [6.07, 6.45) is 3.36. The molecule has 0 aromatic heterocycles. The van der Waals surface area contributed by atoms with Crippen LogP contribution >= 0.6 is 0 Å². The lowest BCUT2D eigenvalue weighted by Gasteiger charge is -2.37. The number of urea groups is 1. The zero-order chi connectivity index (χ0) is 23.1. The minimum atomic E-state index is -3.63. The van der Waals surface area contributed by atoms with Crippen LogP contribution in [0.2, 0.25) is 0 Å². The van der Waals surface area contributed by atoms with Crippen LogP contribution in [-0.2, 0) is 19.6 Å². The summed E-state index contributed by atoms with van der Waals surface area (Å²) >= 11 is 0. The molecule has 174 valence electrons. The molecule has 1 aliphatic carbocycles. The summed E-state index contributed by atoms with van der Waals surface area (Å²) in [5.41, 5.74) is 0.0837. The molecule has 3 fully saturated rings. The number of carbonyl (C=O) groups is 3. The maximum Gasteiger partial charge on any atom is 0.325 e. The Labute approximate surface area is 188 Å². The van der Waals surface area contributed by atoms with E-state index in [4.69, 9.17) is 0 Å². The van der Waals surface area contributed by atoms with Crippen LogP contribution in [-0.4, -0.2) is 78.6 Å². The first-order valence-corrected chi connectivity index (χ1v) is 12.6. The Morgan fingerprint density at radius 3 is 2.38 bits per heavy atom. The van der Waals surface area contributed by atoms with Crippen molar-refractivity contribution in [3.63, 3.8) is 0 Å². The second-order valence-electron chi connectivity index (χ2n) is 9.04. The number of rotatable bonds is 4. The van der Waals surface area contributed by atoms with E-state index in [1.54, 1.807) is 24.3 Å². The van der Waals surface area contributed by atoms with Crippen LogP contribution in [0.1, 0.15) is 38.2 Å². The predicted octanol–water partition coefficient (Wildman–Crippen LogP) is 1.33. The number of amides is 4. The molecule has 4 rings (SSSR count). The van der Waals surface area contributed by atoms with Gasteiger partial charge in [-0.3, -0.25) is 14.5 Å². The lowest BCUT2D eigenvalue weighted by atomic mass is 9.73. The Bertz CT molecular complexity index is 1020. The standard InChI is InChI=1S/C22H30N4O5S/c1-16-6-8-18(9-7-16)32(30,31)25-13-11-24(12-14-25)19(27)15-26-20(28)22(23-21(26)29)10-4-3-5-17(22)2/h6-9,17H,3-5,10-15H2,1-2H3,(H,23,29). The molecule has 0 bridgehead atoms. The fourth-order valence-corrected chi connectivity index (χ4v) is 6.33. The predicted molar refractivity (Wildman–Crippen MR) is 117 cm³/mol. The largest absolute Gasteiger partial charge is 0.338 e. The molecule has 2 unspecified atom stereocenters. The van der Waals surface area contributed by atoms with Gasteiger partial charge in [0.25, 0.3) is 5.91 Å². The normalized spacial score (nSPS) is 27.1. The molecule has 2 heterocycles. The van der Waals surface area contributed by atoms with Crippen molar-refractivity contribution in [1.82, 2.24) is 19.4 Å². The van der Waals surface area contributed by atoms with Gasteiger partial charge in [0.1, 0.15) is 12.1 Å². The Kier molecular flexibility index (Phi) is 6.02. The maximum atomic E-state index is 13.1. The quantitative estimate of drug-likeness (QED) is 0.680. The Morgan fingerprint density at radius 1 is 1.09 bits per heavy atom. The maximum absolute atomic E-state index is 13.1. The van der Waals surface area contributed by atoms with Gasteiger partial charge in [0.2, 0.25) is 15.9 Å². The number of piperazine rings is 1. The van der Waals surface area contributed by atoms with E-state index in [0.29, 0.717) is 6.42 Å². The molecular formula is C22H30N4O5S. The molecule has 1 N–H and O–H groups in total. The lowest BCUT2D eigenvalue weighted by molar-refractivity contribution is -0.141. The van der Waals surface area contributed by atoms with Gasteiger partial charge in [0, 0.05) is 26.2 Å². The summed E-state index contributed by atoms with van der Waals surface area (Å²) in [7, 11) is -3.63. The monoisotopic (exact) mass is 462 g/mol. The molecule has 0 radical (unpaired) electrons. The first-order valence-electron chi connectivity index (χ1n) is 11.1. The molecule has 1 spiro atoms. The molecule has 1 aromatic carbocycles. The molecule has 2 atom stereocenters. The van der Waals surface area contributed by atoms with Gasteiger partial charge in [-0.05, 0) is 37.8 Å². The van der Waals surface area contributed by atoms with E-state index in [1.165, 1.54) is 9.21 Å². The number of nitrogens with one attached hydrogen (secondary N) is 1. The third-order valence-corrected chi connectivity index (χ3v) is 8.96. The number of sulfonamides is 1. The molecule has 32 heavy (non-hydrogen) atoms. The number of benzene rings is 1. The van der Waals surface area contributed by atoms with E-state index in [2.05, 4.69) is 5.32 Å². The van der Waals surface area contributed by atoms with Crippen LogP contribution < -0.4 is 5.32 Å². The number of hydrogen-bond acceptors (Lipinski definition) is 5. The fraction of sp³-hybridized carbons (Fsp3) is 0.591. The molecule has 10 heteroatoms. The van der Waals surface area contributed by atoms with Crippen molar-refractivity contribution < 1.29 is 22.8 Å². The van der Waals surface area contributed by atoms with Crippen molar-refractivity contribution in [2.75, 3.05) is 32.7 Å².